The molecule has 0 aliphatic carbocycles. The van der Waals surface area contributed by atoms with Crippen molar-refractivity contribution in [3.8, 4) is 0 Å². The first-order valence-corrected chi connectivity index (χ1v) is 9.97. The topological polar surface area (TPSA) is 54.4 Å². The Bertz CT molecular complexity index is 761. The maximum absolute atomic E-state index is 12.1. The molecule has 0 atom stereocenters. The van der Waals surface area contributed by atoms with Crippen LogP contribution in [-0.2, 0) is 20.9 Å². The molecule has 0 fully saturated rings. The zero-order valence-corrected chi connectivity index (χ0v) is 16.7. The minimum atomic E-state index is -4.27. The van der Waals surface area contributed by atoms with Crippen LogP contribution in [0.5, 0.6) is 0 Å². The van der Waals surface area contributed by atoms with Crippen LogP contribution in [0.4, 0.5) is 0 Å². The first-order valence-electron chi connectivity index (χ1n) is 8.47. The van der Waals surface area contributed by atoms with E-state index in [4.69, 9.17) is 0 Å². The van der Waals surface area contributed by atoms with Gasteiger partial charge in [0, 0.05) is 0 Å². The lowest BCUT2D eigenvalue weighted by Gasteiger charge is -2.22. The van der Waals surface area contributed by atoms with E-state index in [1.807, 2.05) is 24.3 Å². The second-order valence-corrected chi connectivity index (χ2v) is 10.1. The molecule has 3 nitrogen and oxygen atoms in total. The standard InChI is InChI=1S/C21H28O3S/c1-20(2,3)17-11-7-15(8-12-17)19(25(22,23)24)16-9-13-18(14-10-16)21(4,5)6/h7-14,19H,1-6H3,(H,22,23,24). The van der Waals surface area contributed by atoms with Crippen LogP contribution in [0, 0.1) is 0 Å². The lowest BCUT2D eigenvalue weighted by Crippen LogP contribution is -2.16. The average molecular weight is 361 g/mol. The smallest absolute Gasteiger partial charge is 0.276 e. The molecule has 0 bridgehead atoms. The molecular formula is C21H28O3S. The summed E-state index contributed by atoms with van der Waals surface area (Å²) >= 11 is 0. The van der Waals surface area contributed by atoms with E-state index in [9.17, 15) is 13.0 Å². The number of rotatable bonds is 3. The van der Waals surface area contributed by atoms with Gasteiger partial charge >= 0.3 is 0 Å². The Morgan fingerprint density at radius 3 is 1.16 bits per heavy atom. The van der Waals surface area contributed by atoms with E-state index >= 15 is 0 Å². The molecule has 4 heteroatoms. The van der Waals surface area contributed by atoms with Crippen LogP contribution < -0.4 is 0 Å². The highest BCUT2D eigenvalue weighted by molar-refractivity contribution is 7.86. The van der Waals surface area contributed by atoms with Crippen molar-refractivity contribution < 1.29 is 13.0 Å². The molecule has 0 radical (unpaired) electrons. The second kappa shape index (κ2) is 6.58. The fraction of sp³-hybridized carbons (Fsp3) is 0.429. The van der Waals surface area contributed by atoms with Gasteiger partial charge in [0.2, 0.25) is 0 Å². The Kier molecular flexibility index (Phi) is 5.18. The molecule has 136 valence electrons. The van der Waals surface area contributed by atoms with Gasteiger partial charge in [-0.1, -0.05) is 90.1 Å². The number of benzene rings is 2. The van der Waals surface area contributed by atoms with Crippen LogP contribution in [-0.4, -0.2) is 13.0 Å². The van der Waals surface area contributed by atoms with Gasteiger partial charge in [-0.2, -0.15) is 8.42 Å². The highest BCUT2D eigenvalue weighted by atomic mass is 32.2. The lowest BCUT2D eigenvalue weighted by atomic mass is 9.85. The van der Waals surface area contributed by atoms with Crippen molar-refractivity contribution in [3.63, 3.8) is 0 Å². The van der Waals surface area contributed by atoms with Gasteiger partial charge in [-0.25, -0.2) is 0 Å². The molecule has 0 aromatic heterocycles. The molecule has 0 amide bonds. The van der Waals surface area contributed by atoms with Gasteiger partial charge in [0.25, 0.3) is 10.1 Å². The zero-order valence-electron chi connectivity index (χ0n) is 15.9. The van der Waals surface area contributed by atoms with Crippen molar-refractivity contribution in [2.45, 2.75) is 57.6 Å². The third-order valence-corrected chi connectivity index (χ3v) is 5.60. The van der Waals surface area contributed by atoms with Crippen LogP contribution in [0.1, 0.15) is 69.0 Å². The van der Waals surface area contributed by atoms with Gasteiger partial charge in [0.1, 0.15) is 5.25 Å². The summed E-state index contributed by atoms with van der Waals surface area (Å²) in [5.41, 5.74) is 3.35. The molecule has 0 unspecified atom stereocenters. The average Bonchev–Trinajstić information content (AvgIpc) is 2.45. The summed E-state index contributed by atoms with van der Waals surface area (Å²) in [5.74, 6) is 0. The Morgan fingerprint density at radius 2 is 0.960 bits per heavy atom. The molecule has 0 aliphatic heterocycles. The predicted molar refractivity (Wildman–Crippen MR) is 104 cm³/mol. The quantitative estimate of drug-likeness (QED) is 0.760. The molecule has 0 spiro atoms. The summed E-state index contributed by atoms with van der Waals surface area (Å²) in [7, 11) is -4.27. The second-order valence-electron chi connectivity index (χ2n) is 8.64. The molecule has 25 heavy (non-hydrogen) atoms. The van der Waals surface area contributed by atoms with Gasteiger partial charge in [0.05, 0.1) is 0 Å². The van der Waals surface area contributed by atoms with Gasteiger partial charge < -0.3 is 0 Å². The van der Waals surface area contributed by atoms with Gasteiger partial charge in [0.15, 0.2) is 0 Å². The van der Waals surface area contributed by atoms with Crippen molar-refractivity contribution in [1.29, 1.82) is 0 Å². The molecule has 0 heterocycles. The molecule has 2 aromatic rings. The van der Waals surface area contributed by atoms with Gasteiger partial charge in [-0.15, -0.1) is 0 Å². The lowest BCUT2D eigenvalue weighted by molar-refractivity contribution is 0.475. The minimum absolute atomic E-state index is 0.0134. The van der Waals surface area contributed by atoms with E-state index < -0.39 is 15.4 Å². The molecule has 1 N–H and O–H groups in total. The van der Waals surface area contributed by atoms with Crippen molar-refractivity contribution in [3.05, 3.63) is 70.8 Å². The maximum Gasteiger partial charge on any atom is 0.276 e. The predicted octanol–water partition coefficient (Wildman–Crippen LogP) is 5.26. The number of hydrogen-bond donors (Lipinski definition) is 1. The normalized spacial score (nSPS) is 13.3. The molecule has 2 rings (SSSR count). The maximum atomic E-state index is 12.1. The van der Waals surface area contributed by atoms with E-state index in [1.165, 1.54) is 0 Å². The van der Waals surface area contributed by atoms with Crippen LogP contribution in [0.15, 0.2) is 48.5 Å². The Balaban J connectivity index is 2.48. The highest BCUT2D eigenvalue weighted by Gasteiger charge is 2.28. The first-order chi connectivity index (χ1) is 11.3. The summed E-state index contributed by atoms with van der Waals surface area (Å²) in [5, 5.41) is -1.07. The molecule has 0 saturated heterocycles. The molecule has 2 aromatic carbocycles. The van der Waals surface area contributed by atoms with Gasteiger partial charge in [-0.3, -0.25) is 4.55 Å². The fourth-order valence-electron chi connectivity index (χ4n) is 2.85. The van der Waals surface area contributed by atoms with E-state index in [2.05, 4.69) is 41.5 Å². The van der Waals surface area contributed by atoms with Gasteiger partial charge in [-0.05, 0) is 33.1 Å². The SMILES string of the molecule is CC(C)(C)c1ccc(C(c2ccc(C(C)(C)C)cc2)S(=O)(=O)O)cc1. The Morgan fingerprint density at radius 1 is 0.680 bits per heavy atom. The third kappa shape index (κ3) is 4.71. The van der Waals surface area contributed by atoms with E-state index in [0.29, 0.717) is 11.1 Å². The first kappa shape index (κ1) is 19.7. The molecular weight excluding hydrogens is 332 g/mol. The monoisotopic (exact) mass is 360 g/mol. The number of hydrogen-bond acceptors (Lipinski definition) is 2. The zero-order chi connectivity index (χ0) is 19.0. The largest absolute Gasteiger partial charge is 0.285 e. The summed E-state index contributed by atoms with van der Waals surface area (Å²) in [6.45, 7) is 12.6. The van der Waals surface area contributed by atoms with Crippen molar-refractivity contribution in [1.82, 2.24) is 0 Å². The summed E-state index contributed by atoms with van der Waals surface area (Å²) in [6, 6.07) is 14.9. The van der Waals surface area contributed by atoms with Crippen LogP contribution >= 0.6 is 0 Å². The summed E-state index contributed by atoms with van der Waals surface area (Å²) in [4.78, 5) is 0. The van der Waals surface area contributed by atoms with Crippen molar-refractivity contribution in [2.24, 2.45) is 0 Å². The molecule has 0 aliphatic rings. The third-order valence-electron chi connectivity index (χ3n) is 4.46. The van der Waals surface area contributed by atoms with E-state index in [-0.39, 0.29) is 10.8 Å². The molecule has 0 saturated carbocycles. The Hall–Kier alpha value is -1.65. The highest BCUT2D eigenvalue weighted by Crippen LogP contribution is 2.33. The summed E-state index contributed by atoms with van der Waals surface area (Å²) in [6.07, 6.45) is 0. The van der Waals surface area contributed by atoms with Crippen molar-refractivity contribution in [2.75, 3.05) is 0 Å². The van der Waals surface area contributed by atoms with Crippen LogP contribution in [0.3, 0.4) is 0 Å². The fourth-order valence-corrected chi connectivity index (χ4v) is 3.85. The Labute approximate surface area is 151 Å². The van der Waals surface area contributed by atoms with Crippen molar-refractivity contribution >= 4 is 10.1 Å². The minimum Gasteiger partial charge on any atom is -0.285 e. The summed E-state index contributed by atoms with van der Waals surface area (Å²) < 4.78 is 33.9. The van der Waals surface area contributed by atoms with Crippen LogP contribution in [0.25, 0.3) is 0 Å². The van der Waals surface area contributed by atoms with E-state index in [0.717, 1.165) is 11.1 Å². The van der Waals surface area contributed by atoms with Crippen LogP contribution in [0.2, 0.25) is 0 Å². The van der Waals surface area contributed by atoms with E-state index in [1.54, 1.807) is 24.3 Å².